The maximum absolute atomic E-state index is 12.1. The van der Waals surface area contributed by atoms with Crippen LogP contribution in [0, 0.1) is 0 Å². The van der Waals surface area contributed by atoms with Crippen molar-refractivity contribution >= 4 is 5.97 Å². The minimum atomic E-state index is -2.29. The third-order valence-electron chi connectivity index (χ3n) is 5.28. The number of benzene rings is 1. The Morgan fingerprint density at radius 2 is 1.61 bits per heavy atom. The van der Waals surface area contributed by atoms with Gasteiger partial charge in [-0.2, -0.15) is 0 Å². The number of carbonyl (C=O) groups excluding carboxylic acids is 1. The molecule has 9 atom stereocenters. The van der Waals surface area contributed by atoms with Gasteiger partial charge < -0.3 is 54.7 Å². The van der Waals surface area contributed by atoms with Gasteiger partial charge in [0.2, 0.25) is 5.79 Å². The highest BCUT2D eigenvalue weighted by Crippen LogP contribution is 2.36. The van der Waals surface area contributed by atoms with E-state index in [0.29, 0.717) is 0 Å². The summed E-state index contributed by atoms with van der Waals surface area (Å²) in [6.45, 7) is -2.21. The Hall–Kier alpha value is -1.71. The topological polar surface area (TPSA) is 196 Å². The van der Waals surface area contributed by atoms with Crippen LogP contribution in [0.2, 0.25) is 0 Å². The highest BCUT2D eigenvalue weighted by molar-refractivity contribution is 5.89. The van der Waals surface area contributed by atoms with Crippen molar-refractivity contribution in [1.29, 1.82) is 0 Å². The summed E-state index contributed by atoms with van der Waals surface area (Å²) in [5.74, 6) is -3.00. The molecule has 0 spiro atoms. The summed E-state index contributed by atoms with van der Waals surface area (Å²) in [7, 11) is 0. The second-order valence-electron chi connectivity index (χ2n) is 7.34. The molecule has 7 N–H and O–H groups in total. The zero-order valence-electron chi connectivity index (χ0n) is 16.3. The second kappa shape index (κ2) is 9.83. The molecule has 0 unspecified atom stereocenters. The molecule has 0 saturated carbocycles. The number of hydrogen-bond acceptors (Lipinski definition) is 12. The molecule has 3 rings (SSSR count). The Balaban J connectivity index is 1.70. The Labute approximate surface area is 176 Å². The molecule has 2 aliphatic rings. The van der Waals surface area contributed by atoms with E-state index in [4.69, 9.17) is 18.9 Å². The lowest BCUT2D eigenvalue weighted by Gasteiger charge is -2.43. The van der Waals surface area contributed by atoms with Gasteiger partial charge in [-0.1, -0.05) is 18.2 Å². The zero-order chi connectivity index (χ0) is 22.8. The van der Waals surface area contributed by atoms with Crippen molar-refractivity contribution < 1.29 is 59.5 Å². The molecule has 12 heteroatoms. The normalized spacial score (nSPS) is 40.6. The van der Waals surface area contributed by atoms with Crippen LogP contribution < -0.4 is 0 Å². The maximum atomic E-state index is 12.1. The molecule has 31 heavy (non-hydrogen) atoms. The van der Waals surface area contributed by atoms with Gasteiger partial charge in [-0.25, -0.2) is 4.79 Å². The first-order valence-electron chi connectivity index (χ1n) is 9.59. The van der Waals surface area contributed by atoms with E-state index in [1.165, 1.54) is 12.1 Å². The molecular weight excluding hydrogens is 420 g/mol. The molecule has 1 aromatic rings. The van der Waals surface area contributed by atoms with Gasteiger partial charge in [0, 0.05) is 0 Å². The standard InChI is InChI=1S/C19H26O12/c20-6-10-13(23)16(26)19(8-21,30-10)31-18-15(25)14(24)12(22)11(29-18)7-28-17(27)9-4-2-1-3-5-9/h1-5,10-16,18,20-26H,6-8H2/t10-,11-,12-,13-,14+,15-,16+,18-,19+/m1/s1. The quantitative estimate of drug-likeness (QED) is 0.204. The minimum Gasteiger partial charge on any atom is -0.459 e. The number of carbonyl (C=O) groups is 1. The molecule has 2 fully saturated rings. The molecule has 12 nitrogen and oxygen atoms in total. The summed E-state index contributed by atoms with van der Waals surface area (Å²) in [5, 5.41) is 69.7. The molecule has 0 aromatic heterocycles. The highest BCUT2D eigenvalue weighted by atomic mass is 16.8. The van der Waals surface area contributed by atoms with Gasteiger partial charge in [0.05, 0.1) is 12.2 Å². The number of rotatable bonds is 7. The lowest BCUT2D eigenvalue weighted by Crippen LogP contribution is -2.62. The summed E-state index contributed by atoms with van der Waals surface area (Å²) in [4.78, 5) is 12.1. The number of esters is 1. The van der Waals surface area contributed by atoms with Crippen LogP contribution in [0.1, 0.15) is 10.4 Å². The monoisotopic (exact) mass is 446 g/mol. The Morgan fingerprint density at radius 3 is 2.19 bits per heavy atom. The van der Waals surface area contributed by atoms with Gasteiger partial charge in [-0.15, -0.1) is 0 Å². The van der Waals surface area contributed by atoms with E-state index in [9.17, 15) is 40.5 Å². The van der Waals surface area contributed by atoms with Crippen molar-refractivity contribution in [3.8, 4) is 0 Å². The number of aliphatic hydroxyl groups is 7. The molecule has 2 saturated heterocycles. The second-order valence-corrected chi connectivity index (χ2v) is 7.34. The largest absolute Gasteiger partial charge is 0.459 e. The summed E-state index contributed by atoms with van der Waals surface area (Å²) < 4.78 is 21.1. The first kappa shape index (κ1) is 23.9. The van der Waals surface area contributed by atoms with Gasteiger partial charge in [-0.05, 0) is 12.1 Å². The van der Waals surface area contributed by atoms with Gasteiger partial charge in [0.1, 0.15) is 55.9 Å². The number of aliphatic hydroxyl groups excluding tert-OH is 7. The van der Waals surface area contributed by atoms with Crippen molar-refractivity contribution in [3.63, 3.8) is 0 Å². The fourth-order valence-electron chi connectivity index (χ4n) is 3.43. The average molecular weight is 446 g/mol. The van der Waals surface area contributed by atoms with E-state index in [1.54, 1.807) is 18.2 Å². The van der Waals surface area contributed by atoms with E-state index < -0.39 is 80.6 Å². The summed E-state index contributed by atoms with van der Waals surface area (Å²) in [6, 6.07) is 7.98. The third-order valence-corrected chi connectivity index (χ3v) is 5.28. The number of ether oxygens (including phenoxy) is 4. The molecule has 1 aromatic carbocycles. The molecule has 0 bridgehead atoms. The van der Waals surface area contributed by atoms with Crippen LogP contribution in [0.25, 0.3) is 0 Å². The Bertz CT molecular complexity index is 732. The van der Waals surface area contributed by atoms with Gasteiger partial charge in [0.25, 0.3) is 0 Å². The van der Waals surface area contributed by atoms with Crippen LogP contribution >= 0.6 is 0 Å². The van der Waals surface area contributed by atoms with Crippen molar-refractivity contribution in [3.05, 3.63) is 35.9 Å². The molecule has 2 heterocycles. The predicted molar refractivity (Wildman–Crippen MR) is 98.3 cm³/mol. The lowest BCUT2D eigenvalue weighted by molar-refractivity contribution is -0.383. The van der Waals surface area contributed by atoms with Crippen LogP contribution in [0.5, 0.6) is 0 Å². The SMILES string of the molecule is O=C(OC[C@H]1O[C@H](O[C@]2(CO)O[C@H](CO)[C@@H](O)[C@@H]2O)[C@H](O)[C@@H](O)[C@@H]1O)c1ccccc1. The van der Waals surface area contributed by atoms with E-state index in [0.717, 1.165) is 0 Å². The minimum absolute atomic E-state index is 0.243. The molecule has 2 aliphatic heterocycles. The lowest BCUT2D eigenvalue weighted by atomic mass is 9.99. The fraction of sp³-hybridized carbons (Fsp3) is 0.632. The Morgan fingerprint density at radius 1 is 0.935 bits per heavy atom. The molecule has 0 radical (unpaired) electrons. The molecule has 174 valence electrons. The van der Waals surface area contributed by atoms with Crippen molar-refractivity contribution in [2.45, 2.75) is 54.8 Å². The molecule has 0 aliphatic carbocycles. The number of hydrogen-bond donors (Lipinski definition) is 7. The fourth-order valence-corrected chi connectivity index (χ4v) is 3.43. The third kappa shape index (κ3) is 4.73. The molecular formula is C19H26O12. The Kier molecular flexibility index (Phi) is 7.59. The zero-order valence-corrected chi connectivity index (χ0v) is 16.3. The smallest absolute Gasteiger partial charge is 0.338 e. The first-order chi connectivity index (χ1) is 14.7. The van der Waals surface area contributed by atoms with Crippen molar-refractivity contribution in [1.82, 2.24) is 0 Å². The van der Waals surface area contributed by atoms with Crippen LogP contribution in [0.15, 0.2) is 30.3 Å². The van der Waals surface area contributed by atoms with Crippen LogP contribution in [0.3, 0.4) is 0 Å². The van der Waals surface area contributed by atoms with Crippen LogP contribution in [0.4, 0.5) is 0 Å². The van der Waals surface area contributed by atoms with Crippen LogP contribution in [-0.2, 0) is 18.9 Å². The summed E-state index contributed by atoms with van der Waals surface area (Å²) in [6.07, 6.45) is -13.1. The maximum Gasteiger partial charge on any atom is 0.338 e. The van der Waals surface area contributed by atoms with Gasteiger partial charge in [0.15, 0.2) is 6.29 Å². The van der Waals surface area contributed by atoms with Crippen molar-refractivity contribution in [2.75, 3.05) is 19.8 Å². The van der Waals surface area contributed by atoms with Crippen LogP contribution in [-0.4, -0.2) is 116 Å². The van der Waals surface area contributed by atoms with E-state index in [-0.39, 0.29) is 5.56 Å². The van der Waals surface area contributed by atoms with E-state index in [1.807, 2.05) is 0 Å². The summed E-state index contributed by atoms with van der Waals surface area (Å²) >= 11 is 0. The van der Waals surface area contributed by atoms with Gasteiger partial charge in [-0.3, -0.25) is 0 Å². The van der Waals surface area contributed by atoms with Gasteiger partial charge >= 0.3 is 5.97 Å². The first-order valence-corrected chi connectivity index (χ1v) is 9.59. The predicted octanol–water partition coefficient (Wildman–Crippen LogP) is -3.53. The highest BCUT2D eigenvalue weighted by Gasteiger charge is 2.58. The van der Waals surface area contributed by atoms with Crippen molar-refractivity contribution in [2.24, 2.45) is 0 Å². The summed E-state index contributed by atoms with van der Waals surface area (Å²) in [5.41, 5.74) is 0.243. The average Bonchev–Trinajstić information content (AvgIpc) is 3.04. The van der Waals surface area contributed by atoms with E-state index >= 15 is 0 Å². The van der Waals surface area contributed by atoms with E-state index in [2.05, 4.69) is 0 Å². The molecule has 0 amide bonds.